The lowest BCUT2D eigenvalue weighted by molar-refractivity contribution is -0.162. The maximum Gasteiger partial charge on any atom is 0.411 e. The molecular formula is C22H31NO9S2. The second-order valence-electron chi connectivity index (χ2n) is 10.5. The molecule has 2 bridgehead atoms. The fourth-order valence-electron chi connectivity index (χ4n) is 5.06. The van der Waals surface area contributed by atoms with Gasteiger partial charge in [-0.2, -0.15) is 8.42 Å². The minimum atomic E-state index is -4.17. The highest BCUT2D eigenvalue weighted by Gasteiger charge is 2.74. The Bertz CT molecular complexity index is 1190. The first-order chi connectivity index (χ1) is 15.4. The molecular weight excluding hydrogens is 486 g/mol. The van der Waals surface area contributed by atoms with Gasteiger partial charge in [0.15, 0.2) is 15.6 Å². The minimum Gasteiger partial charge on any atom is -0.444 e. The number of carbonyl (C=O) groups excluding carboxylic acids is 1. The number of fused-ring (bicyclic) bond motifs is 5. The number of amides is 1. The topological polar surface area (TPSA) is 126 Å². The van der Waals surface area contributed by atoms with Crippen LogP contribution in [0.2, 0.25) is 0 Å². The summed E-state index contributed by atoms with van der Waals surface area (Å²) in [6.07, 6.45) is -2.94. The second kappa shape index (κ2) is 7.89. The summed E-state index contributed by atoms with van der Waals surface area (Å²) in [5, 5.41) is -1.42. The SMILES string of the molecule is Cc1ccc(S(=O)(=O)[C@@H]2[C@H](OS(C)(=O)=O)[C@@H]3[C@H]4OC(C)(C)O[C@H]4[C@H]2N3C(=O)OC(C)(C)C)cc1. The van der Waals surface area contributed by atoms with Gasteiger partial charge < -0.3 is 14.2 Å². The van der Waals surface area contributed by atoms with Crippen molar-refractivity contribution in [2.75, 3.05) is 6.26 Å². The van der Waals surface area contributed by atoms with Crippen molar-refractivity contribution in [2.24, 2.45) is 0 Å². The van der Waals surface area contributed by atoms with Crippen molar-refractivity contribution in [3.8, 4) is 0 Å². The van der Waals surface area contributed by atoms with Gasteiger partial charge in [-0.05, 0) is 53.7 Å². The number of nitrogens with zero attached hydrogens (tertiary/aromatic N) is 1. The Morgan fingerprint density at radius 3 is 2.03 bits per heavy atom. The lowest BCUT2D eigenvalue weighted by atomic mass is 9.92. The molecule has 0 radical (unpaired) electrons. The van der Waals surface area contributed by atoms with Crippen LogP contribution in [-0.4, -0.2) is 81.1 Å². The Morgan fingerprint density at radius 1 is 1.00 bits per heavy atom. The first-order valence-electron chi connectivity index (χ1n) is 11.0. The van der Waals surface area contributed by atoms with Crippen molar-refractivity contribution in [1.29, 1.82) is 0 Å². The van der Waals surface area contributed by atoms with Crippen molar-refractivity contribution in [2.45, 2.75) is 93.5 Å². The van der Waals surface area contributed by atoms with E-state index in [1.54, 1.807) is 46.8 Å². The Balaban J connectivity index is 1.86. The molecule has 1 amide bonds. The van der Waals surface area contributed by atoms with Crippen LogP contribution in [0.3, 0.4) is 0 Å². The van der Waals surface area contributed by atoms with Gasteiger partial charge in [-0.1, -0.05) is 17.7 Å². The van der Waals surface area contributed by atoms with Crippen molar-refractivity contribution in [3.63, 3.8) is 0 Å². The molecule has 0 saturated carbocycles. The van der Waals surface area contributed by atoms with Crippen LogP contribution in [0, 0.1) is 6.92 Å². The van der Waals surface area contributed by atoms with E-state index in [1.807, 2.05) is 6.92 Å². The van der Waals surface area contributed by atoms with Gasteiger partial charge in [-0.3, -0.25) is 9.08 Å². The summed E-state index contributed by atoms with van der Waals surface area (Å²) in [7, 11) is -8.26. The monoisotopic (exact) mass is 517 g/mol. The van der Waals surface area contributed by atoms with E-state index in [9.17, 15) is 21.6 Å². The summed E-state index contributed by atoms with van der Waals surface area (Å²) < 4.78 is 75.2. The highest BCUT2D eigenvalue weighted by molar-refractivity contribution is 7.92. The summed E-state index contributed by atoms with van der Waals surface area (Å²) in [5.41, 5.74) is -0.00572. The summed E-state index contributed by atoms with van der Waals surface area (Å²) in [6, 6.07) is 4.09. The Hall–Kier alpha value is -1.73. The van der Waals surface area contributed by atoms with E-state index in [0.717, 1.165) is 11.8 Å². The number of ether oxygens (including phenoxy) is 3. The molecule has 34 heavy (non-hydrogen) atoms. The van der Waals surface area contributed by atoms with Crippen molar-refractivity contribution in [1.82, 2.24) is 4.90 Å². The highest BCUT2D eigenvalue weighted by Crippen LogP contribution is 2.52. The quantitative estimate of drug-likeness (QED) is 0.551. The zero-order valence-corrected chi connectivity index (χ0v) is 21.8. The van der Waals surface area contributed by atoms with Gasteiger partial charge >= 0.3 is 6.09 Å². The zero-order chi connectivity index (χ0) is 25.4. The fraction of sp³-hybridized carbons (Fsp3) is 0.682. The molecule has 3 fully saturated rings. The average Bonchev–Trinajstić information content (AvgIpc) is 3.22. The van der Waals surface area contributed by atoms with Gasteiger partial charge in [-0.15, -0.1) is 0 Å². The smallest absolute Gasteiger partial charge is 0.411 e. The van der Waals surface area contributed by atoms with Crippen molar-refractivity contribution >= 4 is 26.0 Å². The first-order valence-corrected chi connectivity index (χ1v) is 14.3. The molecule has 3 aliphatic rings. The fourth-order valence-corrected chi connectivity index (χ4v) is 7.82. The van der Waals surface area contributed by atoms with Crippen LogP contribution in [0.25, 0.3) is 0 Å². The van der Waals surface area contributed by atoms with Crippen LogP contribution in [0.1, 0.15) is 40.2 Å². The number of aryl methyl sites for hydroxylation is 1. The lowest BCUT2D eigenvalue weighted by Gasteiger charge is -2.32. The van der Waals surface area contributed by atoms with Crippen LogP contribution in [-0.2, 0) is 38.3 Å². The van der Waals surface area contributed by atoms with Gasteiger partial charge in [0.05, 0.1) is 23.2 Å². The highest BCUT2D eigenvalue weighted by atomic mass is 32.2. The summed E-state index contributed by atoms with van der Waals surface area (Å²) in [6.45, 7) is 10.2. The van der Waals surface area contributed by atoms with Crippen LogP contribution < -0.4 is 0 Å². The molecule has 3 aliphatic heterocycles. The Labute approximate surface area is 200 Å². The average molecular weight is 518 g/mol. The molecule has 0 spiro atoms. The second-order valence-corrected chi connectivity index (χ2v) is 14.2. The summed E-state index contributed by atoms with van der Waals surface area (Å²) in [4.78, 5) is 14.5. The molecule has 3 saturated heterocycles. The van der Waals surface area contributed by atoms with E-state index in [-0.39, 0.29) is 4.90 Å². The number of sulfone groups is 1. The van der Waals surface area contributed by atoms with E-state index < -0.39 is 73.1 Å². The van der Waals surface area contributed by atoms with Gasteiger partial charge in [0.25, 0.3) is 10.1 Å². The summed E-state index contributed by atoms with van der Waals surface area (Å²) in [5.74, 6) is -1.05. The maximum absolute atomic E-state index is 13.9. The molecule has 190 valence electrons. The maximum atomic E-state index is 13.9. The standard InChI is InChI=1S/C22H31NO9S2/c1-12-8-10-13(11-9-12)34(27,28)19-15-17-16(29-22(5,6)30-17)14(18(19)32-33(7,25)26)23(15)20(24)31-21(2,3)4/h8-11,14-19H,1-7H3/t14-,15+,16+,17-,18+,19-/m0/s1. The Morgan fingerprint density at radius 2 is 1.53 bits per heavy atom. The van der Waals surface area contributed by atoms with Gasteiger partial charge in [0.1, 0.15) is 29.2 Å². The molecule has 1 aromatic rings. The number of benzene rings is 1. The molecule has 1 aromatic carbocycles. The third-order valence-corrected chi connectivity index (χ3v) is 8.84. The van der Waals surface area contributed by atoms with E-state index in [1.165, 1.54) is 17.0 Å². The third kappa shape index (κ3) is 4.46. The number of hydrogen-bond acceptors (Lipinski definition) is 9. The number of rotatable bonds is 4. The zero-order valence-electron chi connectivity index (χ0n) is 20.2. The van der Waals surface area contributed by atoms with Gasteiger partial charge in [0.2, 0.25) is 0 Å². The molecule has 6 atom stereocenters. The predicted molar refractivity (Wildman–Crippen MR) is 121 cm³/mol. The van der Waals surface area contributed by atoms with Gasteiger partial charge in [0, 0.05) is 0 Å². The predicted octanol–water partition coefficient (Wildman–Crippen LogP) is 2.00. The van der Waals surface area contributed by atoms with Crippen LogP contribution in [0.5, 0.6) is 0 Å². The van der Waals surface area contributed by atoms with Crippen LogP contribution in [0.4, 0.5) is 4.79 Å². The molecule has 3 heterocycles. The molecule has 12 heteroatoms. The molecule has 0 N–H and O–H groups in total. The third-order valence-electron chi connectivity index (χ3n) is 6.07. The molecule has 10 nitrogen and oxygen atoms in total. The van der Waals surface area contributed by atoms with E-state index in [0.29, 0.717) is 0 Å². The molecule has 4 rings (SSSR count). The largest absolute Gasteiger partial charge is 0.444 e. The molecule has 0 aliphatic carbocycles. The summed E-state index contributed by atoms with van der Waals surface area (Å²) >= 11 is 0. The molecule has 0 unspecified atom stereocenters. The van der Waals surface area contributed by atoms with Crippen LogP contribution >= 0.6 is 0 Å². The molecule has 0 aromatic heterocycles. The van der Waals surface area contributed by atoms with Crippen molar-refractivity contribution in [3.05, 3.63) is 29.8 Å². The van der Waals surface area contributed by atoms with Gasteiger partial charge in [-0.25, -0.2) is 13.2 Å². The van der Waals surface area contributed by atoms with Crippen molar-refractivity contribution < 1.29 is 40.0 Å². The van der Waals surface area contributed by atoms with Crippen LogP contribution in [0.15, 0.2) is 29.2 Å². The normalized spacial score (nSPS) is 32.6. The van der Waals surface area contributed by atoms with E-state index in [2.05, 4.69) is 0 Å². The van der Waals surface area contributed by atoms with E-state index in [4.69, 9.17) is 18.4 Å². The van der Waals surface area contributed by atoms with E-state index >= 15 is 0 Å². The minimum absolute atomic E-state index is 0.00313. The lowest BCUT2D eigenvalue weighted by Crippen LogP contribution is -2.55. The number of hydrogen-bond donors (Lipinski definition) is 0. The number of carbonyl (C=O) groups is 1. The first kappa shape index (κ1) is 25.4. The Kier molecular flexibility index (Phi) is 5.88.